The summed E-state index contributed by atoms with van der Waals surface area (Å²) in [6.07, 6.45) is 4.33. The molecule has 0 saturated heterocycles. The number of rotatable bonds is 2. The zero-order valence-corrected chi connectivity index (χ0v) is 11.0. The molecule has 20 heavy (non-hydrogen) atoms. The first kappa shape index (κ1) is 13.2. The molecule has 6 heteroatoms. The Labute approximate surface area is 114 Å². The molecule has 106 valence electrons. The molecular formula is C14H14F3N3. The highest BCUT2D eigenvalue weighted by atomic mass is 19.2. The van der Waals surface area contributed by atoms with Crippen molar-refractivity contribution in [3.8, 4) is 5.69 Å². The van der Waals surface area contributed by atoms with Gasteiger partial charge in [0.15, 0.2) is 17.5 Å². The first-order valence-corrected chi connectivity index (χ1v) is 6.50. The van der Waals surface area contributed by atoms with Crippen molar-refractivity contribution in [2.45, 2.75) is 25.3 Å². The van der Waals surface area contributed by atoms with Gasteiger partial charge in [-0.3, -0.25) is 0 Å². The minimum absolute atomic E-state index is 0.0538. The lowest BCUT2D eigenvalue weighted by Crippen LogP contribution is -2.22. The summed E-state index contributed by atoms with van der Waals surface area (Å²) in [5.41, 5.74) is 1.78. The number of fused-ring (bicyclic) bond motifs is 1. The average molecular weight is 281 g/mol. The summed E-state index contributed by atoms with van der Waals surface area (Å²) < 4.78 is 41.6. The molecule has 1 aliphatic rings. The van der Waals surface area contributed by atoms with E-state index < -0.39 is 17.5 Å². The Morgan fingerprint density at radius 1 is 1.20 bits per heavy atom. The molecule has 1 heterocycles. The van der Waals surface area contributed by atoms with E-state index in [0.29, 0.717) is 6.07 Å². The molecule has 0 radical (unpaired) electrons. The van der Waals surface area contributed by atoms with Crippen LogP contribution >= 0.6 is 0 Å². The second-order valence-corrected chi connectivity index (χ2v) is 4.91. The number of halogens is 3. The quantitative estimate of drug-likeness (QED) is 0.858. The van der Waals surface area contributed by atoms with Gasteiger partial charge >= 0.3 is 0 Å². The van der Waals surface area contributed by atoms with Gasteiger partial charge in [-0.1, -0.05) is 0 Å². The summed E-state index contributed by atoms with van der Waals surface area (Å²) in [5.74, 6) is -3.09. The smallest absolute Gasteiger partial charge is 0.161 e. The molecule has 0 spiro atoms. The van der Waals surface area contributed by atoms with Gasteiger partial charge in [0.1, 0.15) is 5.69 Å². The van der Waals surface area contributed by atoms with Gasteiger partial charge in [-0.2, -0.15) is 5.10 Å². The second kappa shape index (κ2) is 4.94. The molecule has 0 saturated carbocycles. The third-order valence-corrected chi connectivity index (χ3v) is 3.75. The fourth-order valence-corrected chi connectivity index (χ4v) is 2.74. The first-order chi connectivity index (χ1) is 9.61. The van der Waals surface area contributed by atoms with Gasteiger partial charge in [-0.15, -0.1) is 0 Å². The zero-order chi connectivity index (χ0) is 14.3. The molecule has 1 unspecified atom stereocenters. The van der Waals surface area contributed by atoms with Crippen LogP contribution in [0.3, 0.4) is 0 Å². The van der Waals surface area contributed by atoms with E-state index in [0.717, 1.165) is 36.6 Å². The molecule has 1 aromatic carbocycles. The van der Waals surface area contributed by atoms with Crippen molar-refractivity contribution < 1.29 is 13.2 Å². The number of hydrogen-bond donors (Lipinski definition) is 1. The highest BCUT2D eigenvalue weighted by molar-refractivity contribution is 5.39. The van der Waals surface area contributed by atoms with E-state index in [1.54, 1.807) is 6.20 Å². The van der Waals surface area contributed by atoms with Gasteiger partial charge in [0.25, 0.3) is 0 Å². The Morgan fingerprint density at radius 2 is 1.95 bits per heavy atom. The van der Waals surface area contributed by atoms with Crippen LogP contribution in [0.4, 0.5) is 13.2 Å². The normalized spacial score (nSPS) is 18.1. The molecular weight excluding hydrogens is 267 g/mol. The molecule has 3 nitrogen and oxygen atoms in total. The van der Waals surface area contributed by atoms with E-state index in [1.165, 1.54) is 4.68 Å². The van der Waals surface area contributed by atoms with Gasteiger partial charge in [0.05, 0.1) is 6.20 Å². The van der Waals surface area contributed by atoms with Gasteiger partial charge in [0, 0.05) is 29.4 Å². The Bertz CT molecular complexity index is 651. The predicted octanol–water partition coefficient (Wildman–Crippen LogP) is 2.89. The summed E-state index contributed by atoms with van der Waals surface area (Å²) in [4.78, 5) is 0. The maximum atomic E-state index is 13.9. The van der Waals surface area contributed by atoms with E-state index in [1.807, 2.05) is 7.05 Å². The van der Waals surface area contributed by atoms with Crippen molar-refractivity contribution in [3.05, 3.63) is 47.0 Å². The number of benzene rings is 1. The molecule has 1 aliphatic carbocycles. The van der Waals surface area contributed by atoms with Crippen molar-refractivity contribution in [1.29, 1.82) is 0 Å². The number of hydrogen-bond acceptors (Lipinski definition) is 2. The lowest BCUT2D eigenvalue weighted by atomic mass is 9.93. The van der Waals surface area contributed by atoms with Crippen LogP contribution < -0.4 is 5.32 Å². The number of nitrogens with one attached hydrogen (secondary N) is 1. The fraction of sp³-hybridized carbons (Fsp3) is 0.357. The third kappa shape index (κ3) is 2.00. The highest BCUT2D eigenvalue weighted by Crippen LogP contribution is 2.31. The molecule has 0 aliphatic heterocycles. The minimum Gasteiger partial charge on any atom is -0.313 e. The van der Waals surface area contributed by atoms with Gasteiger partial charge in [-0.05, 0) is 26.3 Å². The van der Waals surface area contributed by atoms with Crippen LogP contribution in [0.5, 0.6) is 0 Å². The lowest BCUT2D eigenvalue weighted by molar-refractivity contribution is 0.481. The van der Waals surface area contributed by atoms with Crippen LogP contribution in [0.25, 0.3) is 5.69 Å². The zero-order valence-electron chi connectivity index (χ0n) is 11.0. The topological polar surface area (TPSA) is 29.9 Å². The molecule has 0 amide bonds. The SMILES string of the molecule is CNC1CCCc2c1cnn2-c1cc(F)c(F)cc1F. The summed E-state index contributed by atoms with van der Waals surface area (Å²) in [6.45, 7) is 0. The first-order valence-electron chi connectivity index (χ1n) is 6.50. The largest absolute Gasteiger partial charge is 0.313 e. The van der Waals surface area contributed by atoms with Gasteiger partial charge in [-0.25, -0.2) is 17.9 Å². The fourth-order valence-electron chi connectivity index (χ4n) is 2.74. The summed E-state index contributed by atoms with van der Waals surface area (Å²) >= 11 is 0. The molecule has 0 fully saturated rings. The molecule has 2 aromatic rings. The monoisotopic (exact) mass is 281 g/mol. The Morgan fingerprint density at radius 3 is 2.70 bits per heavy atom. The van der Waals surface area contributed by atoms with Crippen LogP contribution in [-0.4, -0.2) is 16.8 Å². The van der Waals surface area contributed by atoms with Gasteiger partial charge < -0.3 is 5.32 Å². The van der Waals surface area contributed by atoms with Gasteiger partial charge in [0.2, 0.25) is 0 Å². The van der Waals surface area contributed by atoms with E-state index in [-0.39, 0.29) is 11.7 Å². The lowest BCUT2D eigenvalue weighted by Gasteiger charge is -2.22. The van der Waals surface area contributed by atoms with Crippen LogP contribution in [0.1, 0.15) is 30.1 Å². The standard InChI is InChI=1S/C14H14F3N3/c1-18-12-3-2-4-13-8(12)7-19-20(13)14-6-10(16)9(15)5-11(14)17/h5-7,12,18H,2-4H2,1H3. The Balaban J connectivity index is 2.12. The van der Waals surface area contributed by atoms with E-state index >= 15 is 0 Å². The van der Waals surface area contributed by atoms with Crippen LogP contribution in [-0.2, 0) is 6.42 Å². The van der Waals surface area contributed by atoms with Crippen LogP contribution in [0.2, 0.25) is 0 Å². The molecule has 3 rings (SSSR count). The summed E-state index contributed by atoms with van der Waals surface area (Å²) in [6, 6.07) is 1.57. The van der Waals surface area contributed by atoms with Crippen molar-refractivity contribution in [3.63, 3.8) is 0 Å². The summed E-state index contributed by atoms with van der Waals surface area (Å²) in [7, 11) is 1.86. The van der Waals surface area contributed by atoms with Crippen LogP contribution in [0.15, 0.2) is 18.3 Å². The maximum Gasteiger partial charge on any atom is 0.161 e. The average Bonchev–Trinajstić information content (AvgIpc) is 2.86. The number of nitrogens with zero attached hydrogens (tertiary/aromatic N) is 2. The van der Waals surface area contributed by atoms with E-state index in [9.17, 15) is 13.2 Å². The van der Waals surface area contributed by atoms with Crippen molar-refractivity contribution >= 4 is 0 Å². The van der Waals surface area contributed by atoms with Crippen molar-refractivity contribution in [2.24, 2.45) is 0 Å². The molecule has 1 N–H and O–H groups in total. The predicted molar refractivity (Wildman–Crippen MR) is 68.2 cm³/mol. The summed E-state index contributed by atoms with van der Waals surface area (Å²) in [5, 5.41) is 7.32. The Hall–Kier alpha value is -1.82. The Kier molecular flexibility index (Phi) is 3.25. The second-order valence-electron chi connectivity index (χ2n) is 4.91. The maximum absolute atomic E-state index is 13.9. The third-order valence-electron chi connectivity index (χ3n) is 3.75. The minimum atomic E-state index is -1.19. The number of aromatic nitrogens is 2. The van der Waals surface area contributed by atoms with E-state index in [4.69, 9.17) is 0 Å². The van der Waals surface area contributed by atoms with Crippen LogP contribution in [0, 0.1) is 17.5 Å². The molecule has 1 aromatic heterocycles. The van der Waals surface area contributed by atoms with Crippen molar-refractivity contribution in [1.82, 2.24) is 15.1 Å². The van der Waals surface area contributed by atoms with E-state index in [2.05, 4.69) is 10.4 Å². The molecule has 1 atom stereocenters. The molecule has 0 bridgehead atoms. The highest BCUT2D eigenvalue weighted by Gasteiger charge is 2.25. The van der Waals surface area contributed by atoms with Crippen molar-refractivity contribution in [2.75, 3.05) is 7.05 Å².